The first kappa shape index (κ1) is 15.1. The van der Waals surface area contributed by atoms with Crippen molar-refractivity contribution in [1.29, 1.82) is 0 Å². The van der Waals surface area contributed by atoms with Gasteiger partial charge < -0.3 is 10.6 Å². The molecule has 0 saturated carbocycles. The molecule has 0 fully saturated rings. The fraction of sp³-hybridized carbons (Fsp3) is 0.462. The number of rotatable bonds is 6. The van der Waals surface area contributed by atoms with Crippen molar-refractivity contribution in [2.75, 3.05) is 18.4 Å². The molecule has 0 unspecified atom stereocenters. The second kappa shape index (κ2) is 7.49. The topological polar surface area (TPSA) is 41.1 Å². The molecule has 3 nitrogen and oxygen atoms in total. The van der Waals surface area contributed by atoms with Crippen LogP contribution < -0.4 is 10.6 Å². The second-order valence-electron chi connectivity index (χ2n) is 4.50. The number of anilines is 1. The van der Waals surface area contributed by atoms with E-state index in [1.165, 1.54) is 0 Å². The molecule has 0 atom stereocenters. The Bertz CT molecular complexity index is 408. The monoisotopic (exact) mass is 288 g/mol. The number of hydrogen-bond acceptors (Lipinski definition) is 2. The molecule has 18 heavy (non-hydrogen) atoms. The average Bonchev–Trinajstić information content (AvgIpc) is 2.31. The molecule has 1 rings (SSSR count). The summed E-state index contributed by atoms with van der Waals surface area (Å²) in [4.78, 5) is 11.5. The van der Waals surface area contributed by atoms with E-state index in [1.807, 2.05) is 6.07 Å². The molecular formula is C13H18Cl2N2O. The van der Waals surface area contributed by atoms with Crippen LogP contribution in [0.4, 0.5) is 5.69 Å². The van der Waals surface area contributed by atoms with E-state index in [0.29, 0.717) is 35.5 Å². The van der Waals surface area contributed by atoms with E-state index in [9.17, 15) is 4.79 Å². The van der Waals surface area contributed by atoms with Crippen molar-refractivity contribution in [1.82, 2.24) is 5.32 Å². The minimum Gasteiger partial charge on any atom is -0.384 e. The molecule has 2 N–H and O–H groups in total. The SMILES string of the molecule is CC(C)CNC(=O)CCNc1ccc(Cl)c(Cl)c1. The highest BCUT2D eigenvalue weighted by atomic mass is 35.5. The molecule has 0 aliphatic heterocycles. The summed E-state index contributed by atoms with van der Waals surface area (Å²) in [5, 5.41) is 7.02. The Balaban J connectivity index is 2.28. The zero-order chi connectivity index (χ0) is 13.5. The van der Waals surface area contributed by atoms with Gasteiger partial charge in [-0.1, -0.05) is 37.0 Å². The van der Waals surface area contributed by atoms with Crippen LogP contribution in [0.3, 0.4) is 0 Å². The predicted octanol–water partition coefficient (Wildman–Crippen LogP) is 3.57. The normalized spacial score (nSPS) is 10.5. The first-order valence-electron chi connectivity index (χ1n) is 5.94. The molecule has 0 aromatic heterocycles. The summed E-state index contributed by atoms with van der Waals surface area (Å²) in [5.41, 5.74) is 0.862. The van der Waals surface area contributed by atoms with E-state index in [1.54, 1.807) is 12.1 Å². The van der Waals surface area contributed by atoms with E-state index in [2.05, 4.69) is 24.5 Å². The fourth-order valence-corrected chi connectivity index (χ4v) is 1.63. The van der Waals surface area contributed by atoms with E-state index in [4.69, 9.17) is 23.2 Å². The molecular weight excluding hydrogens is 271 g/mol. The fourth-order valence-electron chi connectivity index (χ4n) is 1.33. The van der Waals surface area contributed by atoms with Gasteiger partial charge in [0.2, 0.25) is 5.91 Å². The van der Waals surface area contributed by atoms with Gasteiger partial charge in [0.25, 0.3) is 0 Å². The van der Waals surface area contributed by atoms with Crippen LogP contribution in [0.2, 0.25) is 10.0 Å². The number of carbonyl (C=O) groups is 1. The third kappa shape index (κ3) is 5.61. The van der Waals surface area contributed by atoms with Gasteiger partial charge in [0.15, 0.2) is 0 Å². The van der Waals surface area contributed by atoms with E-state index in [-0.39, 0.29) is 5.91 Å². The van der Waals surface area contributed by atoms with Crippen LogP contribution >= 0.6 is 23.2 Å². The number of halogens is 2. The highest BCUT2D eigenvalue weighted by molar-refractivity contribution is 6.42. The van der Waals surface area contributed by atoms with Crippen LogP contribution in [0.25, 0.3) is 0 Å². The molecule has 1 aromatic rings. The number of carbonyl (C=O) groups excluding carboxylic acids is 1. The summed E-state index contributed by atoms with van der Waals surface area (Å²) in [7, 11) is 0. The summed E-state index contributed by atoms with van der Waals surface area (Å²) >= 11 is 11.7. The van der Waals surface area contributed by atoms with E-state index < -0.39 is 0 Å². The Morgan fingerprint density at radius 2 is 2.00 bits per heavy atom. The third-order valence-electron chi connectivity index (χ3n) is 2.31. The molecule has 1 amide bonds. The van der Waals surface area contributed by atoms with Gasteiger partial charge in [-0.15, -0.1) is 0 Å². The molecule has 100 valence electrons. The predicted molar refractivity (Wildman–Crippen MR) is 77.4 cm³/mol. The van der Waals surface area contributed by atoms with Gasteiger partial charge in [-0.3, -0.25) is 4.79 Å². The van der Waals surface area contributed by atoms with Crippen LogP contribution in [0.1, 0.15) is 20.3 Å². The van der Waals surface area contributed by atoms with Crippen LogP contribution in [0, 0.1) is 5.92 Å². The maximum atomic E-state index is 11.5. The van der Waals surface area contributed by atoms with Gasteiger partial charge >= 0.3 is 0 Å². The quantitative estimate of drug-likeness (QED) is 0.840. The lowest BCUT2D eigenvalue weighted by Crippen LogP contribution is -2.28. The van der Waals surface area contributed by atoms with Crippen molar-refractivity contribution >= 4 is 34.8 Å². The first-order chi connectivity index (χ1) is 8.49. The molecule has 1 aromatic carbocycles. The Kier molecular flexibility index (Phi) is 6.30. The van der Waals surface area contributed by atoms with Crippen LogP contribution in [-0.2, 0) is 4.79 Å². The lowest BCUT2D eigenvalue weighted by atomic mass is 10.2. The summed E-state index contributed by atoms with van der Waals surface area (Å²) in [6, 6.07) is 5.31. The van der Waals surface area contributed by atoms with Crippen LogP contribution in [0.5, 0.6) is 0 Å². The lowest BCUT2D eigenvalue weighted by Gasteiger charge is -2.09. The molecule has 0 aliphatic rings. The summed E-state index contributed by atoms with van der Waals surface area (Å²) in [5.74, 6) is 0.522. The minimum absolute atomic E-state index is 0.0521. The zero-order valence-electron chi connectivity index (χ0n) is 10.6. The molecule has 0 saturated heterocycles. The molecule has 0 spiro atoms. The largest absolute Gasteiger partial charge is 0.384 e. The van der Waals surface area contributed by atoms with Crippen LogP contribution in [-0.4, -0.2) is 19.0 Å². The molecule has 5 heteroatoms. The maximum Gasteiger partial charge on any atom is 0.221 e. The molecule has 0 heterocycles. The highest BCUT2D eigenvalue weighted by Crippen LogP contribution is 2.24. The van der Waals surface area contributed by atoms with Crippen molar-refractivity contribution in [3.8, 4) is 0 Å². The number of amides is 1. The van der Waals surface area contributed by atoms with Gasteiger partial charge in [0.1, 0.15) is 0 Å². The van der Waals surface area contributed by atoms with Crippen LogP contribution in [0.15, 0.2) is 18.2 Å². The Morgan fingerprint density at radius 3 is 2.61 bits per heavy atom. The minimum atomic E-state index is 0.0521. The Morgan fingerprint density at radius 1 is 1.28 bits per heavy atom. The standard InChI is InChI=1S/C13H18Cl2N2O/c1-9(2)8-17-13(18)5-6-16-10-3-4-11(14)12(15)7-10/h3-4,7,9,16H,5-6,8H2,1-2H3,(H,17,18). The highest BCUT2D eigenvalue weighted by Gasteiger charge is 2.03. The van der Waals surface area contributed by atoms with Crippen molar-refractivity contribution in [3.05, 3.63) is 28.2 Å². The third-order valence-corrected chi connectivity index (χ3v) is 3.05. The van der Waals surface area contributed by atoms with Gasteiger partial charge in [-0.25, -0.2) is 0 Å². The Hall–Kier alpha value is -0.930. The Labute approximate surface area is 118 Å². The lowest BCUT2D eigenvalue weighted by molar-refractivity contribution is -0.120. The first-order valence-corrected chi connectivity index (χ1v) is 6.70. The summed E-state index contributed by atoms with van der Waals surface area (Å²) in [6.07, 6.45) is 0.437. The van der Waals surface area contributed by atoms with Gasteiger partial charge in [0, 0.05) is 25.2 Å². The van der Waals surface area contributed by atoms with Gasteiger partial charge in [-0.2, -0.15) is 0 Å². The number of nitrogens with one attached hydrogen (secondary N) is 2. The molecule has 0 bridgehead atoms. The number of hydrogen-bond donors (Lipinski definition) is 2. The average molecular weight is 289 g/mol. The maximum absolute atomic E-state index is 11.5. The smallest absolute Gasteiger partial charge is 0.221 e. The van der Waals surface area contributed by atoms with Crippen molar-refractivity contribution < 1.29 is 4.79 Å². The zero-order valence-corrected chi connectivity index (χ0v) is 12.1. The second-order valence-corrected chi connectivity index (χ2v) is 5.32. The summed E-state index contributed by atoms with van der Waals surface area (Å²) < 4.78 is 0. The van der Waals surface area contributed by atoms with Crippen molar-refractivity contribution in [2.24, 2.45) is 5.92 Å². The molecule has 0 radical (unpaired) electrons. The van der Waals surface area contributed by atoms with Gasteiger partial charge in [0.05, 0.1) is 10.0 Å². The molecule has 0 aliphatic carbocycles. The van der Waals surface area contributed by atoms with Gasteiger partial charge in [-0.05, 0) is 24.1 Å². The number of benzene rings is 1. The van der Waals surface area contributed by atoms with E-state index in [0.717, 1.165) is 5.69 Å². The van der Waals surface area contributed by atoms with E-state index >= 15 is 0 Å². The summed E-state index contributed by atoms with van der Waals surface area (Å²) in [6.45, 7) is 5.41. The van der Waals surface area contributed by atoms with Crippen molar-refractivity contribution in [2.45, 2.75) is 20.3 Å². The van der Waals surface area contributed by atoms with Crippen molar-refractivity contribution in [3.63, 3.8) is 0 Å².